The summed E-state index contributed by atoms with van der Waals surface area (Å²) in [6.45, 7) is 0. The SMILES string of the molecule is [c]1ccccc1CC1=CCCCC1. The third-order valence-corrected chi connectivity index (χ3v) is 2.58. The molecule has 0 spiro atoms. The minimum atomic E-state index is 1.11. The predicted molar refractivity (Wildman–Crippen MR) is 55.5 cm³/mol. The highest BCUT2D eigenvalue weighted by molar-refractivity contribution is 5.21. The molecule has 0 amide bonds. The first kappa shape index (κ1) is 8.55. The topological polar surface area (TPSA) is 0 Å². The summed E-state index contributed by atoms with van der Waals surface area (Å²) in [5.41, 5.74) is 2.93. The monoisotopic (exact) mass is 171 g/mol. The van der Waals surface area contributed by atoms with Crippen LogP contribution in [0.5, 0.6) is 0 Å². The Morgan fingerprint density at radius 1 is 1.23 bits per heavy atom. The Bertz CT molecular complexity index is 282. The molecular weight excluding hydrogens is 156 g/mol. The van der Waals surface area contributed by atoms with Crippen molar-refractivity contribution in [1.82, 2.24) is 0 Å². The zero-order valence-corrected chi connectivity index (χ0v) is 7.92. The van der Waals surface area contributed by atoms with Gasteiger partial charge in [-0.05, 0) is 43.7 Å². The Kier molecular flexibility index (Phi) is 2.81. The molecule has 0 heterocycles. The average molecular weight is 171 g/mol. The number of hydrogen-bond acceptors (Lipinski definition) is 0. The van der Waals surface area contributed by atoms with Crippen LogP contribution in [0.1, 0.15) is 31.2 Å². The van der Waals surface area contributed by atoms with Crippen molar-refractivity contribution < 1.29 is 0 Å². The molecule has 1 aromatic rings. The Morgan fingerprint density at radius 2 is 2.23 bits per heavy atom. The molecule has 13 heavy (non-hydrogen) atoms. The molecule has 0 fully saturated rings. The van der Waals surface area contributed by atoms with Crippen molar-refractivity contribution >= 4 is 0 Å². The average Bonchev–Trinajstić information content (AvgIpc) is 2.21. The lowest BCUT2D eigenvalue weighted by molar-refractivity contribution is 0.688. The largest absolute Gasteiger partial charge is 0.0850 e. The van der Waals surface area contributed by atoms with Crippen LogP contribution in [0.2, 0.25) is 0 Å². The summed E-state index contributed by atoms with van der Waals surface area (Å²) in [4.78, 5) is 0. The normalized spacial score (nSPS) is 16.8. The molecule has 0 heteroatoms. The lowest BCUT2D eigenvalue weighted by atomic mass is 9.94. The molecule has 0 aromatic heterocycles. The summed E-state index contributed by atoms with van der Waals surface area (Å²) in [6.07, 6.45) is 8.84. The van der Waals surface area contributed by atoms with E-state index in [1.165, 1.54) is 31.2 Å². The van der Waals surface area contributed by atoms with E-state index in [9.17, 15) is 0 Å². The van der Waals surface area contributed by atoms with Crippen molar-refractivity contribution in [3.63, 3.8) is 0 Å². The van der Waals surface area contributed by atoms with Crippen LogP contribution in [-0.4, -0.2) is 0 Å². The summed E-state index contributed by atoms with van der Waals surface area (Å²) < 4.78 is 0. The Balaban J connectivity index is 2.01. The lowest BCUT2D eigenvalue weighted by Crippen LogP contribution is -1.95. The second kappa shape index (κ2) is 4.27. The fraction of sp³-hybridized carbons (Fsp3) is 0.385. The van der Waals surface area contributed by atoms with E-state index in [4.69, 9.17) is 0 Å². The van der Waals surface area contributed by atoms with Gasteiger partial charge in [0, 0.05) is 0 Å². The van der Waals surface area contributed by atoms with Gasteiger partial charge in [-0.25, -0.2) is 0 Å². The van der Waals surface area contributed by atoms with E-state index in [2.05, 4.69) is 24.3 Å². The molecule has 0 saturated heterocycles. The van der Waals surface area contributed by atoms with Gasteiger partial charge < -0.3 is 0 Å². The van der Waals surface area contributed by atoms with Crippen molar-refractivity contribution in [2.24, 2.45) is 0 Å². The summed E-state index contributed by atoms with van der Waals surface area (Å²) in [6, 6.07) is 11.6. The van der Waals surface area contributed by atoms with E-state index < -0.39 is 0 Å². The van der Waals surface area contributed by atoms with E-state index in [-0.39, 0.29) is 0 Å². The van der Waals surface area contributed by atoms with Crippen molar-refractivity contribution in [2.45, 2.75) is 32.1 Å². The van der Waals surface area contributed by atoms with Gasteiger partial charge in [0.1, 0.15) is 0 Å². The molecule has 1 aliphatic rings. The van der Waals surface area contributed by atoms with E-state index >= 15 is 0 Å². The first-order valence-corrected chi connectivity index (χ1v) is 5.08. The van der Waals surface area contributed by atoms with Gasteiger partial charge in [-0.1, -0.05) is 35.9 Å². The molecule has 1 aliphatic carbocycles. The Labute approximate surface area is 80.3 Å². The van der Waals surface area contributed by atoms with Gasteiger partial charge in [0.25, 0.3) is 0 Å². The summed E-state index contributed by atoms with van der Waals surface area (Å²) >= 11 is 0. The van der Waals surface area contributed by atoms with Gasteiger partial charge in [0.15, 0.2) is 0 Å². The standard InChI is InChI=1S/C13H15/c1-3-7-12(8-4-1)11-13-9-5-2-6-10-13/h1,3-4,7,9H,2,5-6,10-11H2. The highest BCUT2D eigenvalue weighted by Gasteiger charge is 2.03. The van der Waals surface area contributed by atoms with Crippen LogP contribution >= 0.6 is 0 Å². The van der Waals surface area contributed by atoms with E-state index in [1.54, 1.807) is 5.57 Å². The van der Waals surface area contributed by atoms with Crippen LogP contribution in [0.3, 0.4) is 0 Å². The van der Waals surface area contributed by atoms with Crippen molar-refractivity contribution in [2.75, 3.05) is 0 Å². The van der Waals surface area contributed by atoms with E-state index in [1.807, 2.05) is 12.1 Å². The molecule has 2 rings (SSSR count). The highest BCUT2D eigenvalue weighted by Crippen LogP contribution is 2.20. The zero-order valence-electron chi connectivity index (χ0n) is 7.92. The van der Waals surface area contributed by atoms with Crippen LogP contribution in [-0.2, 0) is 6.42 Å². The second-order valence-corrected chi connectivity index (χ2v) is 3.67. The predicted octanol–water partition coefficient (Wildman–Crippen LogP) is 3.53. The van der Waals surface area contributed by atoms with Crippen LogP contribution in [0.4, 0.5) is 0 Å². The van der Waals surface area contributed by atoms with Gasteiger partial charge in [0.05, 0.1) is 0 Å². The van der Waals surface area contributed by atoms with Gasteiger partial charge in [-0.15, -0.1) is 0 Å². The smallest absolute Gasteiger partial charge is 0.00610 e. The number of hydrogen-bond donors (Lipinski definition) is 0. The Morgan fingerprint density at radius 3 is 2.92 bits per heavy atom. The first-order valence-electron chi connectivity index (χ1n) is 5.08. The Hall–Kier alpha value is -1.04. The summed E-state index contributed by atoms with van der Waals surface area (Å²) in [7, 11) is 0. The summed E-state index contributed by atoms with van der Waals surface area (Å²) in [5.74, 6) is 0. The van der Waals surface area contributed by atoms with Crippen LogP contribution in [0.25, 0.3) is 0 Å². The zero-order chi connectivity index (χ0) is 8.93. The molecule has 0 bridgehead atoms. The highest BCUT2D eigenvalue weighted by atomic mass is 14.1. The molecule has 1 radical (unpaired) electrons. The quantitative estimate of drug-likeness (QED) is 0.597. The maximum absolute atomic E-state index is 3.27. The van der Waals surface area contributed by atoms with Gasteiger partial charge in [0.2, 0.25) is 0 Å². The van der Waals surface area contributed by atoms with Gasteiger partial charge >= 0.3 is 0 Å². The van der Waals surface area contributed by atoms with E-state index in [0.717, 1.165) is 6.42 Å². The second-order valence-electron chi connectivity index (χ2n) is 3.67. The molecule has 0 N–H and O–H groups in total. The van der Waals surface area contributed by atoms with Crippen molar-refractivity contribution in [1.29, 1.82) is 0 Å². The summed E-state index contributed by atoms with van der Waals surface area (Å²) in [5, 5.41) is 0. The molecule has 0 nitrogen and oxygen atoms in total. The fourth-order valence-electron chi connectivity index (χ4n) is 1.85. The minimum Gasteiger partial charge on any atom is -0.0850 e. The molecule has 0 atom stereocenters. The van der Waals surface area contributed by atoms with Gasteiger partial charge in [-0.3, -0.25) is 0 Å². The van der Waals surface area contributed by atoms with Crippen molar-refractivity contribution in [3.05, 3.63) is 47.5 Å². The van der Waals surface area contributed by atoms with Crippen LogP contribution in [0.15, 0.2) is 35.9 Å². The molecule has 1 aromatic carbocycles. The van der Waals surface area contributed by atoms with Crippen LogP contribution < -0.4 is 0 Å². The first-order chi connectivity index (χ1) is 6.45. The lowest BCUT2D eigenvalue weighted by Gasteiger charge is -2.12. The van der Waals surface area contributed by atoms with Crippen molar-refractivity contribution in [3.8, 4) is 0 Å². The third kappa shape index (κ3) is 2.45. The maximum Gasteiger partial charge on any atom is -0.00610 e. The minimum absolute atomic E-state index is 1.11. The molecular formula is C13H15. The maximum atomic E-state index is 3.27. The van der Waals surface area contributed by atoms with Gasteiger partial charge in [-0.2, -0.15) is 0 Å². The third-order valence-electron chi connectivity index (χ3n) is 2.58. The number of allylic oxidation sites excluding steroid dienone is 2. The van der Waals surface area contributed by atoms with Crippen LogP contribution in [0, 0.1) is 6.07 Å². The van der Waals surface area contributed by atoms with E-state index in [0.29, 0.717) is 0 Å². The number of benzene rings is 1. The molecule has 0 aliphatic heterocycles. The number of rotatable bonds is 2. The fourth-order valence-corrected chi connectivity index (χ4v) is 1.85. The molecule has 0 unspecified atom stereocenters. The molecule has 67 valence electrons. The molecule has 0 saturated carbocycles.